The fourth-order valence-electron chi connectivity index (χ4n) is 5.23. The monoisotopic (exact) mass is 350 g/mol. The highest BCUT2D eigenvalue weighted by Crippen LogP contribution is 2.51. The van der Waals surface area contributed by atoms with Crippen LogP contribution in [0.25, 0.3) is 17.2 Å². The topological polar surface area (TPSA) is 0 Å². The average Bonchev–Trinajstić information content (AvgIpc) is 3.24. The lowest BCUT2D eigenvalue weighted by Gasteiger charge is -2.27. The first-order valence-corrected chi connectivity index (χ1v) is 10.2. The van der Waals surface area contributed by atoms with Gasteiger partial charge in [0.15, 0.2) is 0 Å². The summed E-state index contributed by atoms with van der Waals surface area (Å²) in [6.07, 6.45) is 9.72. The van der Waals surface area contributed by atoms with Gasteiger partial charge in [-0.05, 0) is 46.2 Å². The van der Waals surface area contributed by atoms with E-state index in [0.717, 1.165) is 0 Å². The van der Waals surface area contributed by atoms with Crippen molar-refractivity contribution in [2.45, 2.75) is 43.9 Å². The molecule has 0 bridgehead atoms. The van der Waals surface area contributed by atoms with E-state index in [9.17, 15) is 0 Å². The van der Waals surface area contributed by atoms with Crippen molar-refractivity contribution in [2.24, 2.45) is 0 Å². The molecule has 0 heteroatoms. The van der Waals surface area contributed by atoms with E-state index in [-0.39, 0.29) is 5.41 Å². The largest absolute Gasteiger partial charge is 0.0764 e. The Hall–Kier alpha value is -2.60. The summed E-state index contributed by atoms with van der Waals surface area (Å²) in [5.41, 5.74) is 8.96. The standard InChI is InChI=1S/C27H26/c1-27(19-9-8-11-21-18-17-20-10-2-3-12-22(20)21)25-15-6-4-13-23(25)24-14-5-7-16-26(24)27/h2-7,10,12-18,21H,8-9,11,19H2,1H3. The van der Waals surface area contributed by atoms with Gasteiger partial charge in [-0.25, -0.2) is 0 Å². The molecule has 5 rings (SSSR count). The van der Waals surface area contributed by atoms with Gasteiger partial charge in [0.2, 0.25) is 0 Å². The van der Waals surface area contributed by atoms with Crippen LogP contribution in [0.5, 0.6) is 0 Å². The van der Waals surface area contributed by atoms with Gasteiger partial charge in [0.25, 0.3) is 0 Å². The molecular formula is C27H26. The number of allylic oxidation sites excluding steroid dienone is 1. The van der Waals surface area contributed by atoms with Gasteiger partial charge in [0.1, 0.15) is 0 Å². The first kappa shape index (κ1) is 16.6. The van der Waals surface area contributed by atoms with Crippen LogP contribution in [-0.4, -0.2) is 0 Å². The molecule has 0 aliphatic heterocycles. The number of fused-ring (bicyclic) bond motifs is 4. The van der Waals surface area contributed by atoms with Gasteiger partial charge >= 0.3 is 0 Å². The Morgan fingerprint density at radius 3 is 2.11 bits per heavy atom. The summed E-state index contributed by atoms with van der Waals surface area (Å²) in [6.45, 7) is 2.45. The van der Waals surface area contributed by atoms with Crippen LogP contribution in [0.2, 0.25) is 0 Å². The van der Waals surface area contributed by atoms with E-state index >= 15 is 0 Å². The predicted molar refractivity (Wildman–Crippen MR) is 115 cm³/mol. The molecular weight excluding hydrogens is 324 g/mol. The average molecular weight is 351 g/mol. The molecule has 0 radical (unpaired) electrons. The first-order valence-electron chi connectivity index (χ1n) is 10.2. The molecule has 0 heterocycles. The normalized spacial score (nSPS) is 18.2. The van der Waals surface area contributed by atoms with E-state index in [1.165, 1.54) is 59.1 Å². The quantitative estimate of drug-likeness (QED) is 0.422. The molecule has 0 aromatic heterocycles. The third-order valence-electron chi connectivity index (χ3n) is 6.68. The fraction of sp³-hybridized carbons (Fsp3) is 0.259. The van der Waals surface area contributed by atoms with Gasteiger partial charge < -0.3 is 0 Å². The van der Waals surface area contributed by atoms with Crippen LogP contribution in [-0.2, 0) is 5.41 Å². The van der Waals surface area contributed by atoms with Crippen molar-refractivity contribution < 1.29 is 0 Å². The Morgan fingerprint density at radius 2 is 1.37 bits per heavy atom. The predicted octanol–water partition coefficient (Wildman–Crippen LogP) is 7.34. The number of rotatable bonds is 5. The molecule has 134 valence electrons. The lowest BCUT2D eigenvalue weighted by Crippen LogP contribution is -2.20. The summed E-state index contributed by atoms with van der Waals surface area (Å²) in [7, 11) is 0. The summed E-state index contributed by atoms with van der Waals surface area (Å²) in [4.78, 5) is 0. The highest BCUT2D eigenvalue weighted by Gasteiger charge is 2.38. The Morgan fingerprint density at radius 1 is 0.741 bits per heavy atom. The van der Waals surface area contributed by atoms with Crippen LogP contribution in [0.1, 0.15) is 60.8 Å². The third-order valence-corrected chi connectivity index (χ3v) is 6.68. The number of hydrogen-bond donors (Lipinski definition) is 0. The molecule has 3 aromatic carbocycles. The highest BCUT2D eigenvalue weighted by atomic mass is 14.4. The van der Waals surface area contributed by atoms with Crippen LogP contribution < -0.4 is 0 Å². The van der Waals surface area contributed by atoms with Gasteiger partial charge in [-0.2, -0.15) is 0 Å². The minimum Gasteiger partial charge on any atom is -0.0764 e. The minimum absolute atomic E-state index is 0.149. The zero-order valence-electron chi connectivity index (χ0n) is 16.0. The van der Waals surface area contributed by atoms with E-state index in [1.807, 2.05) is 0 Å². The van der Waals surface area contributed by atoms with Crippen LogP contribution in [0, 0.1) is 0 Å². The van der Waals surface area contributed by atoms with Crippen LogP contribution in [0.3, 0.4) is 0 Å². The Kier molecular flexibility index (Phi) is 4.01. The fourth-order valence-corrected chi connectivity index (χ4v) is 5.23. The molecule has 0 saturated heterocycles. The van der Waals surface area contributed by atoms with E-state index in [4.69, 9.17) is 0 Å². The second-order valence-corrected chi connectivity index (χ2v) is 8.26. The maximum atomic E-state index is 2.45. The lowest BCUT2D eigenvalue weighted by atomic mass is 9.76. The number of unbranched alkanes of at least 4 members (excludes halogenated alkanes) is 1. The molecule has 27 heavy (non-hydrogen) atoms. The van der Waals surface area contributed by atoms with E-state index in [0.29, 0.717) is 5.92 Å². The molecule has 0 nitrogen and oxygen atoms in total. The molecule has 0 amide bonds. The molecule has 0 spiro atoms. The van der Waals surface area contributed by atoms with E-state index in [2.05, 4.69) is 91.9 Å². The second-order valence-electron chi connectivity index (χ2n) is 8.26. The first-order chi connectivity index (χ1) is 13.3. The van der Waals surface area contributed by atoms with E-state index in [1.54, 1.807) is 0 Å². The van der Waals surface area contributed by atoms with Crippen LogP contribution >= 0.6 is 0 Å². The maximum Gasteiger partial charge on any atom is 0.0187 e. The Bertz CT molecular complexity index is 962. The molecule has 0 fully saturated rings. The lowest BCUT2D eigenvalue weighted by molar-refractivity contribution is 0.483. The number of benzene rings is 3. The van der Waals surface area contributed by atoms with Gasteiger partial charge in [0.05, 0.1) is 0 Å². The van der Waals surface area contributed by atoms with E-state index < -0.39 is 0 Å². The maximum absolute atomic E-state index is 2.45. The van der Waals surface area contributed by atoms with Crippen molar-refractivity contribution in [1.29, 1.82) is 0 Å². The van der Waals surface area contributed by atoms with Gasteiger partial charge in [-0.1, -0.05) is 105 Å². The molecule has 2 aliphatic carbocycles. The summed E-state index contributed by atoms with van der Waals surface area (Å²) in [5.74, 6) is 0.608. The highest BCUT2D eigenvalue weighted by molar-refractivity contribution is 5.80. The zero-order chi connectivity index (χ0) is 18.3. The Balaban J connectivity index is 1.31. The SMILES string of the molecule is CC1(CCCCC2C=Cc3ccccc32)c2ccccc2-c2ccccc21. The van der Waals surface area contributed by atoms with Crippen molar-refractivity contribution in [3.05, 3.63) is 101 Å². The van der Waals surface area contributed by atoms with Crippen molar-refractivity contribution >= 4 is 6.08 Å². The zero-order valence-corrected chi connectivity index (χ0v) is 16.0. The molecule has 1 atom stereocenters. The molecule has 0 N–H and O–H groups in total. The molecule has 2 aliphatic rings. The van der Waals surface area contributed by atoms with Crippen LogP contribution in [0.15, 0.2) is 78.9 Å². The summed E-state index contributed by atoms with van der Waals surface area (Å²) in [5, 5.41) is 0. The van der Waals surface area contributed by atoms with Gasteiger partial charge in [-0.3, -0.25) is 0 Å². The van der Waals surface area contributed by atoms with Crippen molar-refractivity contribution in [1.82, 2.24) is 0 Å². The van der Waals surface area contributed by atoms with Crippen molar-refractivity contribution in [3.8, 4) is 11.1 Å². The molecule has 0 saturated carbocycles. The third kappa shape index (κ3) is 2.67. The Labute approximate surface area is 162 Å². The van der Waals surface area contributed by atoms with Gasteiger partial charge in [0, 0.05) is 11.3 Å². The summed E-state index contributed by atoms with van der Waals surface area (Å²) >= 11 is 0. The van der Waals surface area contributed by atoms with Gasteiger partial charge in [-0.15, -0.1) is 0 Å². The summed E-state index contributed by atoms with van der Waals surface area (Å²) < 4.78 is 0. The van der Waals surface area contributed by atoms with Crippen molar-refractivity contribution in [2.75, 3.05) is 0 Å². The summed E-state index contributed by atoms with van der Waals surface area (Å²) in [6, 6.07) is 26.8. The number of hydrogen-bond acceptors (Lipinski definition) is 0. The van der Waals surface area contributed by atoms with Crippen molar-refractivity contribution in [3.63, 3.8) is 0 Å². The molecule has 3 aromatic rings. The smallest absolute Gasteiger partial charge is 0.0187 e. The minimum atomic E-state index is 0.149. The second kappa shape index (κ2) is 6.53. The van der Waals surface area contributed by atoms with Crippen LogP contribution in [0.4, 0.5) is 0 Å². The molecule has 1 unspecified atom stereocenters.